The minimum atomic E-state index is 0. The second-order valence-electron chi connectivity index (χ2n) is 6.66. The molecule has 0 bridgehead atoms. The fourth-order valence-electron chi connectivity index (χ4n) is 2.49. The van der Waals surface area contributed by atoms with E-state index in [9.17, 15) is 0 Å². The molecule has 2 rings (SSSR count). The van der Waals surface area contributed by atoms with E-state index in [4.69, 9.17) is 0 Å². The third kappa shape index (κ3) is 6.54. The predicted molar refractivity (Wildman–Crippen MR) is 123 cm³/mol. The SMILES string of the molecule is CN=C(NCC(c1cccs1)N(C)C)NCC(C)(C)c1cccs1.I. The molecule has 0 aliphatic rings. The quantitative estimate of drug-likeness (QED) is 0.346. The fourth-order valence-corrected chi connectivity index (χ4v) is 4.26. The summed E-state index contributed by atoms with van der Waals surface area (Å²) in [7, 11) is 6.05. The molecule has 0 spiro atoms. The lowest BCUT2D eigenvalue weighted by atomic mass is 9.91. The average molecular weight is 492 g/mol. The summed E-state index contributed by atoms with van der Waals surface area (Å²) in [4.78, 5) is 9.35. The first-order valence-electron chi connectivity index (χ1n) is 8.12. The summed E-state index contributed by atoms with van der Waals surface area (Å²) < 4.78 is 0. The first-order chi connectivity index (χ1) is 11.4. The molecule has 0 aliphatic heterocycles. The maximum absolute atomic E-state index is 4.37. The Balaban J connectivity index is 0.00000312. The summed E-state index contributed by atoms with van der Waals surface area (Å²) in [5, 5.41) is 11.2. The molecule has 0 fully saturated rings. The van der Waals surface area contributed by atoms with Gasteiger partial charge >= 0.3 is 0 Å². The number of hydrogen-bond acceptors (Lipinski definition) is 4. The van der Waals surface area contributed by atoms with Crippen molar-refractivity contribution in [3.8, 4) is 0 Å². The van der Waals surface area contributed by atoms with E-state index in [1.165, 1.54) is 9.75 Å². The van der Waals surface area contributed by atoms with Gasteiger partial charge in [-0.3, -0.25) is 4.99 Å². The Morgan fingerprint density at radius 3 is 2.36 bits per heavy atom. The highest BCUT2D eigenvalue weighted by Gasteiger charge is 2.22. The molecule has 0 aliphatic carbocycles. The van der Waals surface area contributed by atoms with E-state index in [1.807, 2.05) is 7.05 Å². The number of nitrogens with zero attached hydrogens (tertiary/aromatic N) is 2. The second-order valence-corrected chi connectivity index (χ2v) is 8.59. The van der Waals surface area contributed by atoms with Crippen molar-refractivity contribution in [2.24, 2.45) is 4.99 Å². The fraction of sp³-hybridized carbons (Fsp3) is 0.500. The molecule has 0 amide bonds. The van der Waals surface area contributed by atoms with E-state index in [1.54, 1.807) is 22.7 Å². The third-order valence-corrected chi connectivity index (χ3v) is 6.28. The Labute approximate surface area is 176 Å². The molecule has 2 heterocycles. The van der Waals surface area contributed by atoms with Crippen LogP contribution in [0, 0.1) is 0 Å². The van der Waals surface area contributed by atoms with Gasteiger partial charge in [0.2, 0.25) is 0 Å². The van der Waals surface area contributed by atoms with E-state index >= 15 is 0 Å². The molecule has 2 N–H and O–H groups in total. The van der Waals surface area contributed by atoms with Gasteiger partial charge in [0, 0.05) is 35.3 Å². The Kier molecular flexibility index (Phi) is 9.40. The topological polar surface area (TPSA) is 39.7 Å². The van der Waals surface area contributed by atoms with Gasteiger partial charge in [-0.15, -0.1) is 46.7 Å². The summed E-state index contributed by atoms with van der Waals surface area (Å²) in [6, 6.07) is 8.94. The van der Waals surface area contributed by atoms with Crippen LogP contribution < -0.4 is 10.6 Å². The monoisotopic (exact) mass is 492 g/mol. The maximum Gasteiger partial charge on any atom is 0.191 e. The van der Waals surface area contributed by atoms with Gasteiger partial charge in [0.25, 0.3) is 0 Å². The lowest BCUT2D eigenvalue weighted by molar-refractivity contribution is 0.302. The standard InChI is InChI=1S/C18H28N4S2.HI/c1-18(2,16-9-7-11-24-16)13-21-17(19-3)20-12-14(22(4)5)15-8-6-10-23-15;/h6-11,14H,12-13H2,1-5H3,(H2,19,20,21);1H. The molecule has 0 radical (unpaired) electrons. The zero-order valence-corrected chi connectivity index (χ0v) is 19.5. The summed E-state index contributed by atoms with van der Waals surface area (Å²) >= 11 is 3.60. The van der Waals surface area contributed by atoms with Crippen LogP contribution >= 0.6 is 46.7 Å². The number of guanidine groups is 1. The first kappa shape index (κ1) is 22.4. The number of nitrogens with one attached hydrogen (secondary N) is 2. The molecule has 2 aromatic heterocycles. The largest absolute Gasteiger partial charge is 0.356 e. The highest BCUT2D eigenvalue weighted by molar-refractivity contribution is 14.0. The molecule has 140 valence electrons. The van der Waals surface area contributed by atoms with Crippen molar-refractivity contribution in [3.63, 3.8) is 0 Å². The Morgan fingerprint density at radius 2 is 1.84 bits per heavy atom. The minimum Gasteiger partial charge on any atom is -0.356 e. The normalized spacial score (nSPS) is 13.4. The molecule has 1 atom stereocenters. The smallest absolute Gasteiger partial charge is 0.191 e. The van der Waals surface area contributed by atoms with Crippen LogP contribution in [-0.4, -0.2) is 45.1 Å². The summed E-state index contributed by atoms with van der Waals surface area (Å²) in [5.41, 5.74) is 0.0838. The van der Waals surface area contributed by atoms with Crippen LogP contribution in [0.4, 0.5) is 0 Å². The molecule has 0 saturated heterocycles. The van der Waals surface area contributed by atoms with Gasteiger partial charge in [0.05, 0.1) is 6.04 Å². The number of hydrogen-bond donors (Lipinski definition) is 2. The van der Waals surface area contributed by atoms with Crippen molar-refractivity contribution in [1.29, 1.82) is 0 Å². The van der Waals surface area contributed by atoms with Crippen LogP contribution in [-0.2, 0) is 5.41 Å². The van der Waals surface area contributed by atoms with Crippen LogP contribution in [0.15, 0.2) is 40.0 Å². The molecular weight excluding hydrogens is 463 g/mol. The van der Waals surface area contributed by atoms with Crippen LogP contribution in [0.2, 0.25) is 0 Å². The highest BCUT2D eigenvalue weighted by atomic mass is 127. The summed E-state index contributed by atoms with van der Waals surface area (Å²) in [5.74, 6) is 0.850. The van der Waals surface area contributed by atoms with Gasteiger partial charge in [-0.25, -0.2) is 0 Å². The maximum atomic E-state index is 4.37. The number of likely N-dealkylation sites (N-methyl/N-ethyl adjacent to an activating group) is 1. The van der Waals surface area contributed by atoms with Crippen molar-refractivity contribution in [2.75, 3.05) is 34.2 Å². The van der Waals surface area contributed by atoms with Crippen molar-refractivity contribution in [3.05, 3.63) is 44.8 Å². The number of aliphatic imine (C=N–C) groups is 1. The molecular formula is C18H29IN4S2. The van der Waals surface area contributed by atoms with E-state index in [0.717, 1.165) is 19.0 Å². The van der Waals surface area contributed by atoms with E-state index in [-0.39, 0.29) is 29.4 Å². The van der Waals surface area contributed by atoms with Gasteiger partial charge in [-0.1, -0.05) is 26.0 Å². The van der Waals surface area contributed by atoms with Crippen LogP contribution in [0.1, 0.15) is 29.6 Å². The van der Waals surface area contributed by atoms with Crippen LogP contribution in [0.5, 0.6) is 0 Å². The Morgan fingerprint density at radius 1 is 1.16 bits per heavy atom. The summed E-state index contributed by atoms with van der Waals surface area (Å²) in [6.45, 7) is 6.19. The number of thiophene rings is 2. The van der Waals surface area contributed by atoms with Gasteiger partial charge in [0.1, 0.15) is 0 Å². The highest BCUT2D eigenvalue weighted by Crippen LogP contribution is 2.26. The van der Waals surface area contributed by atoms with Gasteiger partial charge in [-0.05, 0) is 37.0 Å². The minimum absolute atomic E-state index is 0. The molecule has 4 nitrogen and oxygen atoms in total. The second kappa shape index (κ2) is 10.5. The molecule has 0 aromatic carbocycles. The molecule has 25 heavy (non-hydrogen) atoms. The Hall–Kier alpha value is -0.640. The van der Waals surface area contributed by atoms with Gasteiger partial charge in [-0.2, -0.15) is 0 Å². The van der Waals surface area contributed by atoms with Crippen molar-refractivity contribution >= 4 is 52.6 Å². The van der Waals surface area contributed by atoms with Gasteiger partial charge in [0.15, 0.2) is 5.96 Å². The molecule has 1 unspecified atom stereocenters. The third-order valence-electron chi connectivity index (χ3n) is 4.07. The van der Waals surface area contributed by atoms with Crippen molar-refractivity contribution in [2.45, 2.75) is 25.3 Å². The van der Waals surface area contributed by atoms with E-state index < -0.39 is 0 Å². The molecule has 2 aromatic rings. The predicted octanol–water partition coefficient (Wildman–Crippen LogP) is 4.17. The van der Waals surface area contributed by atoms with Crippen molar-refractivity contribution in [1.82, 2.24) is 15.5 Å². The zero-order valence-electron chi connectivity index (χ0n) is 15.6. The number of halogens is 1. The van der Waals surface area contributed by atoms with Crippen molar-refractivity contribution < 1.29 is 0 Å². The van der Waals surface area contributed by atoms with Gasteiger partial charge < -0.3 is 15.5 Å². The summed E-state index contributed by atoms with van der Waals surface area (Å²) in [6.07, 6.45) is 0. The molecule has 0 saturated carbocycles. The number of rotatable bonds is 7. The lowest BCUT2D eigenvalue weighted by Gasteiger charge is -2.27. The van der Waals surface area contributed by atoms with E-state index in [0.29, 0.717) is 6.04 Å². The molecule has 7 heteroatoms. The lowest BCUT2D eigenvalue weighted by Crippen LogP contribution is -2.45. The van der Waals surface area contributed by atoms with Crippen LogP contribution in [0.25, 0.3) is 0 Å². The first-order valence-corrected chi connectivity index (χ1v) is 9.88. The average Bonchev–Trinajstić information content (AvgIpc) is 3.23. The Bertz CT molecular complexity index is 622. The van der Waals surface area contributed by atoms with Crippen LogP contribution in [0.3, 0.4) is 0 Å². The van der Waals surface area contributed by atoms with E-state index in [2.05, 4.69) is 83.5 Å². The zero-order chi connectivity index (χ0) is 17.6.